The van der Waals surface area contributed by atoms with Crippen molar-refractivity contribution >= 4 is 5.91 Å². The van der Waals surface area contributed by atoms with Gasteiger partial charge in [0.05, 0.1) is 6.04 Å². The molecule has 2 N–H and O–H groups in total. The van der Waals surface area contributed by atoms with Crippen LogP contribution < -0.4 is 5.73 Å². The van der Waals surface area contributed by atoms with E-state index in [0.717, 1.165) is 11.1 Å². The van der Waals surface area contributed by atoms with E-state index >= 15 is 0 Å². The summed E-state index contributed by atoms with van der Waals surface area (Å²) in [5, 5.41) is 0. The molecule has 22 heavy (non-hydrogen) atoms. The van der Waals surface area contributed by atoms with Gasteiger partial charge >= 0.3 is 0 Å². The number of amides is 1. The van der Waals surface area contributed by atoms with Crippen molar-refractivity contribution in [2.45, 2.75) is 25.9 Å². The van der Waals surface area contributed by atoms with Crippen LogP contribution in [0.3, 0.4) is 0 Å². The molecule has 1 aliphatic heterocycles. The molecule has 1 amide bonds. The Hall–Kier alpha value is -2.20. The highest BCUT2D eigenvalue weighted by molar-refractivity contribution is 5.94. The summed E-state index contributed by atoms with van der Waals surface area (Å²) in [6.45, 7) is 2.94. The van der Waals surface area contributed by atoms with Crippen LogP contribution in [-0.4, -0.2) is 17.4 Å². The fourth-order valence-electron chi connectivity index (χ4n) is 3.08. The Balaban J connectivity index is 1.89. The van der Waals surface area contributed by atoms with Gasteiger partial charge < -0.3 is 10.6 Å². The molecular formula is C18H19FN2O. The fraction of sp³-hybridized carbons (Fsp3) is 0.278. The van der Waals surface area contributed by atoms with E-state index in [9.17, 15) is 9.18 Å². The zero-order valence-corrected chi connectivity index (χ0v) is 12.6. The average molecular weight is 298 g/mol. The number of carbonyl (C=O) groups is 1. The number of fused-ring (bicyclic) bond motifs is 1. The van der Waals surface area contributed by atoms with Gasteiger partial charge in [0.15, 0.2) is 0 Å². The standard InChI is InChI=1S/C18H19FN2O/c1-12-17-14(3-2-4-16(17)19)9-10-21(12)18(22)15-7-5-13(11-20)6-8-15/h2-8,12H,9-11,20H2,1H3/t12-/m0/s1. The van der Waals surface area contributed by atoms with E-state index in [-0.39, 0.29) is 17.8 Å². The fourth-order valence-corrected chi connectivity index (χ4v) is 3.08. The molecule has 4 heteroatoms. The van der Waals surface area contributed by atoms with E-state index in [1.807, 2.05) is 25.1 Å². The smallest absolute Gasteiger partial charge is 0.254 e. The maximum Gasteiger partial charge on any atom is 0.254 e. The molecule has 1 atom stereocenters. The van der Waals surface area contributed by atoms with Gasteiger partial charge in [0, 0.05) is 24.2 Å². The first-order valence-electron chi connectivity index (χ1n) is 7.49. The average Bonchev–Trinajstić information content (AvgIpc) is 2.55. The van der Waals surface area contributed by atoms with Gasteiger partial charge in [0.2, 0.25) is 0 Å². The third-order valence-electron chi connectivity index (χ3n) is 4.35. The lowest BCUT2D eigenvalue weighted by Crippen LogP contribution is -2.39. The second-order valence-electron chi connectivity index (χ2n) is 5.64. The number of benzene rings is 2. The van der Waals surface area contributed by atoms with Crippen molar-refractivity contribution in [3.8, 4) is 0 Å². The molecule has 2 aromatic rings. The molecule has 0 spiro atoms. The lowest BCUT2D eigenvalue weighted by molar-refractivity contribution is 0.0674. The Morgan fingerprint density at radius 3 is 2.68 bits per heavy atom. The van der Waals surface area contributed by atoms with Gasteiger partial charge in [-0.2, -0.15) is 0 Å². The first kappa shape index (κ1) is 14.7. The van der Waals surface area contributed by atoms with Gasteiger partial charge in [-0.15, -0.1) is 0 Å². The molecule has 1 aliphatic rings. The molecule has 2 aromatic carbocycles. The highest BCUT2D eigenvalue weighted by Crippen LogP contribution is 2.32. The number of hydrogen-bond donors (Lipinski definition) is 1. The number of carbonyl (C=O) groups excluding carboxylic acids is 1. The van der Waals surface area contributed by atoms with E-state index in [2.05, 4.69) is 0 Å². The Morgan fingerprint density at radius 1 is 1.27 bits per heavy atom. The van der Waals surface area contributed by atoms with Crippen LogP contribution in [0, 0.1) is 5.82 Å². The third kappa shape index (κ3) is 2.50. The summed E-state index contributed by atoms with van der Waals surface area (Å²) < 4.78 is 14.1. The first-order valence-corrected chi connectivity index (χ1v) is 7.49. The Kier molecular flexibility index (Phi) is 3.94. The summed E-state index contributed by atoms with van der Waals surface area (Å²) in [6, 6.07) is 12.2. The van der Waals surface area contributed by atoms with Crippen LogP contribution >= 0.6 is 0 Å². The van der Waals surface area contributed by atoms with Crippen LogP contribution in [0.15, 0.2) is 42.5 Å². The highest BCUT2D eigenvalue weighted by atomic mass is 19.1. The topological polar surface area (TPSA) is 46.3 Å². The molecule has 3 rings (SSSR count). The van der Waals surface area contributed by atoms with E-state index in [1.54, 1.807) is 23.1 Å². The van der Waals surface area contributed by atoms with Crippen molar-refractivity contribution in [3.63, 3.8) is 0 Å². The van der Waals surface area contributed by atoms with Crippen LogP contribution in [0.25, 0.3) is 0 Å². The molecule has 0 saturated carbocycles. The second-order valence-corrected chi connectivity index (χ2v) is 5.64. The summed E-state index contributed by atoms with van der Waals surface area (Å²) >= 11 is 0. The van der Waals surface area contributed by atoms with Crippen LogP contribution in [0.5, 0.6) is 0 Å². The van der Waals surface area contributed by atoms with Gasteiger partial charge in [-0.3, -0.25) is 4.79 Å². The molecule has 1 heterocycles. The van der Waals surface area contributed by atoms with Crippen LogP contribution in [0.1, 0.15) is 40.0 Å². The Bertz CT molecular complexity index is 697. The van der Waals surface area contributed by atoms with Gasteiger partial charge in [-0.25, -0.2) is 4.39 Å². The summed E-state index contributed by atoms with van der Waals surface area (Å²) in [4.78, 5) is 14.4. The van der Waals surface area contributed by atoms with E-state index in [1.165, 1.54) is 6.07 Å². The largest absolute Gasteiger partial charge is 0.331 e. The highest BCUT2D eigenvalue weighted by Gasteiger charge is 2.30. The van der Waals surface area contributed by atoms with Gasteiger partial charge in [0.1, 0.15) is 5.82 Å². The number of nitrogens with zero attached hydrogens (tertiary/aromatic N) is 1. The third-order valence-corrected chi connectivity index (χ3v) is 4.35. The van der Waals surface area contributed by atoms with Crippen molar-refractivity contribution in [2.75, 3.05) is 6.54 Å². The Morgan fingerprint density at radius 2 is 2.00 bits per heavy atom. The van der Waals surface area contributed by atoms with E-state index in [4.69, 9.17) is 5.73 Å². The molecule has 114 valence electrons. The lowest BCUT2D eigenvalue weighted by atomic mass is 9.92. The van der Waals surface area contributed by atoms with Crippen molar-refractivity contribution in [2.24, 2.45) is 5.73 Å². The minimum atomic E-state index is -0.258. The normalized spacial score (nSPS) is 17.2. The zero-order chi connectivity index (χ0) is 15.7. The molecule has 0 saturated heterocycles. The minimum Gasteiger partial charge on any atom is -0.331 e. The van der Waals surface area contributed by atoms with Gasteiger partial charge in [-0.1, -0.05) is 24.3 Å². The minimum absolute atomic E-state index is 0.0648. The SMILES string of the molecule is C[C@H]1c2c(F)cccc2CCN1C(=O)c1ccc(CN)cc1. The Labute approximate surface area is 129 Å². The summed E-state index contributed by atoms with van der Waals surface area (Å²) in [6.07, 6.45) is 0.685. The monoisotopic (exact) mass is 298 g/mol. The van der Waals surface area contributed by atoms with E-state index in [0.29, 0.717) is 30.6 Å². The van der Waals surface area contributed by atoms with Gasteiger partial charge in [-0.05, 0) is 42.7 Å². The zero-order valence-electron chi connectivity index (χ0n) is 12.6. The predicted octanol–water partition coefficient (Wildman–Crippen LogP) is 3.04. The molecule has 0 bridgehead atoms. The summed E-state index contributed by atoms with van der Waals surface area (Å²) in [7, 11) is 0. The van der Waals surface area contributed by atoms with Crippen molar-refractivity contribution in [1.82, 2.24) is 4.90 Å². The van der Waals surface area contributed by atoms with Crippen LogP contribution in [0.4, 0.5) is 4.39 Å². The molecule has 0 radical (unpaired) electrons. The second kappa shape index (κ2) is 5.89. The molecule has 0 aliphatic carbocycles. The number of hydrogen-bond acceptors (Lipinski definition) is 2. The van der Waals surface area contributed by atoms with E-state index < -0.39 is 0 Å². The molecular weight excluding hydrogens is 279 g/mol. The summed E-state index contributed by atoms with van der Waals surface area (Å²) in [5.41, 5.74) is 8.81. The first-order chi connectivity index (χ1) is 10.6. The molecule has 3 nitrogen and oxygen atoms in total. The quantitative estimate of drug-likeness (QED) is 0.926. The molecule has 0 unspecified atom stereocenters. The maximum atomic E-state index is 14.1. The van der Waals surface area contributed by atoms with Crippen molar-refractivity contribution in [1.29, 1.82) is 0 Å². The number of halogens is 1. The number of rotatable bonds is 2. The predicted molar refractivity (Wildman–Crippen MR) is 83.9 cm³/mol. The van der Waals surface area contributed by atoms with Gasteiger partial charge in [0.25, 0.3) is 5.91 Å². The maximum absolute atomic E-state index is 14.1. The van der Waals surface area contributed by atoms with Crippen molar-refractivity contribution < 1.29 is 9.18 Å². The number of nitrogens with two attached hydrogens (primary N) is 1. The van der Waals surface area contributed by atoms with Crippen LogP contribution in [-0.2, 0) is 13.0 Å². The molecule has 0 aromatic heterocycles. The van der Waals surface area contributed by atoms with Crippen LogP contribution in [0.2, 0.25) is 0 Å². The lowest BCUT2D eigenvalue weighted by Gasteiger charge is -2.35. The summed E-state index contributed by atoms with van der Waals surface area (Å²) in [5.74, 6) is -0.300. The van der Waals surface area contributed by atoms with Crippen molar-refractivity contribution in [3.05, 3.63) is 70.5 Å². The molecule has 0 fully saturated rings.